The summed E-state index contributed by atoms with van der Waals surface area (Å²) in [6, 6.07) is 6.38. The summed E-state index contributed by atoms with van der Waals surface area (Å²) in [5.74, 6) is 0. The molecular formula is C15H13NS2. The van der Waals surface area contributed by atoms with E-state index < -0.39 is 0 Å². The van der Waals surface area contributed by atoms with Gasteiger partial charge in [-0.1, -0.05) is 48.3 Å². The lowest BCUT2D eigenvalue weighted by Gasteiger charge is -2.26. The summed E-state index contributed by atoms with van der Waals surface area (Å²) < 4.78 is 0. The van der Waals surface area contributed by atoms with E-state index in [0.717, 1.165) is 23.4 Å². The molecule has 1 nitrogen and oxygen atoms in total. The van der Waals surface area contributed by atoms with E-state index in [1.165, 1.54) is 21.1 Å². The highest BCUT2D eigenvalue weighted by molar-refractivity contribution is 8.05. The average Bonchev–Trinajstić information content (AvgIpc) is 2.38. The van der Waals surface area contributed by atoms with Gasteiger partial charge in [0.05, 0.1) is 16.3 Å². The molecule has 1 aromatic rings. The third-order valence-corrected chi connectivity index (χ3v) is 4.76. The second-order valence-corrected chi connectivity index (χ2v) is 5.83. The minimum absolute atomic E-state index is 0.879. The van der Waals surface area contributed by atoms with Gasteiger partial charge in [-0.25, -0.2) is 0 Å². The molecule has 1 N–H and O–H groups in total. The minimum Gasteiger partial charge on any atom is -0.353 e. The first kappa shape index (κ1) is 11.8. The normalized spacial score (nSPS) is 17.0. The maximum Gasteiger partial charge on any atom is 0.0562 e. The smallest absolute Gasteiger partial charge is 0.0562 e. The SMILES string of the molecule is C=CCc1cccc2c1NC1=C(S2)C(=S)CC=C1. The van der Waals surface area contributed by atoms with Crippen molar-refractivity contribution in [1.29, 1.82) is 0 Å². The standard InChI is InChI=1S/C15H13NS2/c1-2-5-10-6-3-9-13-14(10)16-11-7-4-8-12(17)15(11)18-13/h2-4,6-7,9,16H,1,5,8H2. The Hall–Kier alpha value is -1.32. The summed E-state index contributed by atoms with van der Waals surface area (Å²) in [5, 5.41) is 3.52. The molecule has 0 saturated carbocycles. The highest BCUT2D eigenvalue weighted by atomic mass is 32.2. The van der Waals surface area contributed by atoms with E-state index in [1.54, 1.807) is 11.8 Å². The summed E-state index contributed by atoms with van der Waals surface area (Å²) >= 11 is 7.21. The van der Waals surface area contributed by atoms with Crippen molar-refractivity contribution < 1.29 is 0 Å². The summed E-state index contributed by atoms with van der Waals surface area (Å²) in [6.45, 7) is 3.82. The van der Waals surface area contributed by atoms with Crippen molar-refractivity contribution in [2.45, 2.75) is 17.7 Å². The number of allylic oxidation sites excluding steroid dienone is 4. The first-order valence-electron chi connectivity index (χ1n) is 5.91. The molecule has 0 aromatic heterocycles. The number of anilines is 1. The Morgan fingerprint density at radius 1 is 1.44 bits per heavy atom. The number of thiocarbonyl (C=S) groups is 1. The fraction of sp³-hybridized carbons (Fsp3) is 0.133. The van der Waals surface area contributed by atoms with Gasteiger partial charge in [-0.05, 0) is 24.1 Å². The van der Waals surface area contributed by atoms with Crippen molar-refractivity contribution in [3.63, 3.8) is 0 Å². The van der Waals surface area contributed by atoms with E-state index in [1.807, 2.05) is 6.08 Å². The summed E-state index contributed by atoms with van der Waals surface area (Å²) in [6.07, 6.45) is 7.95. The Labute approximate surface area is 117 Å². The van der Waals surface area contributed by atoms with Crippen LogP contribution in [0.4, 0.5) is 5.69 Å². The predicted molar refractivity (Wildman–Crippen MR) is 83.2 cm³/mol. The van der Waals surface area contributed by atoms with Gasteiger partial charge in [0.2, 0.25) is 0 Å². The molecule has 90 valence electrons. The summed E-state index contributed by atoms with van der Waals surface area (Å²) in [5.41, 5.74) is 3.63. The monoisotopic (exact) mass is 271 g/mol. The van der Waals surface area contributed by atoms with Gasteiger partial charge in [0.25, 0.3) is 0 Å². The molecule has 3 rings (SSSR count). The molecule has 1 aliphatic heterocycles. The number of hydrogen-bond acceptors (Lipinski definition) is 3. The fourth-order valence-corrected chi connectivity index (χ4v) is 3.59. The first-order valence-corrected chi connectivity index (χ1v) is 7.13. The molecule has 1 heterocycles. The van der Waals surface area contributed by atoms with Crippen LogP contribution in [0.25, 0.3) is 0 Å². The van der Waals surface area contributed by atoms with Gasteiger partial charge in [-0.3, -0.25) is 0 Å². The third kappa shape index (κ3) is 1.93. The van der Waals surface area contributed by atoms with Crippen LogP contribution in [-0.2, 0) is 6.42 Å². The second kappa shape index (κ2) is 4.75. The summed E-state index contributed by atoms with van der Waals surface area (Å²) in [7, 11) is 0. The fourth-order valence-electron chi connectivity index (χ4n) is 2.19. The number of thioether (sulfide) groups is 1. The molecule has 0 radical (unpaired) electrons. The number of rotatable bonds is 2. The first-order chi connectivity index (χ1) is 8.79. The van der Waals surface area contributed by atoms with E-state index >= 15 is 0 Å². The van der Waals surface area contributed by atoms with Crippen LogP contribution in [0.5, 0.6) is 0 Å². The van der Waals surface area contributed by atoms with E-state index in [4.69, 9.17) is 12.2 Å². The lowest BCUT2D eigenvalue weighted by Crippen LogP contribution is -2.14. The van der Waals surface area contributed by atoms with Crippen molar-refractivity contribution in [1.82, 2.24) is 0 Å². The maximum atomic E-state index is 5.43. The number of benzene rings is 1. The molecule has 18 heavy (non-hydrogen) atoms. The van der Waals surface area contributed by atoms with Gasteiger partial charge in [0.1, 0.15) is 0 Å². The van der Waals surface area contributed by atoms with Crippen molar-refractivity contribution in [2.75, 3.05) is 5.32 Å². The number of para-hydroxylation sites is 1. The molecule has 1 aliphatic carbocycles. The molecule has 1 aromatic carbocycles. The van der Waals surface area contributed by atoms with E-state index in [-0.39, 0.29) is 0 Å². The lowest BCUT2D eigenvalue weighted by atomic mass is 10.1. The molecule has 0 spiro atoms. The zero-order valence-electron chi connectivity index (χ0n) is 9.90. The van der Waals surface area contributed by atoms with E-state index in [0.29, 0.717) is 0 Å². The highest BCUT2D eigenvalue weighted by Gasteiger charge is 2.23. The van der Waals surface area contributed by atoms with Crippen LogP contribution in [0.1, 0.15) is 12.0 Å². The predicted octanol–water partition coefficient (Wildman–Crippen LogP) is 4.47. The van der Waals surface area contributed by atoms with Crippen LogP contribution in [0.15, 0.2) is 58.5 Å². The van der Waals surface area contributed by atoms with Crippen molar-refractivity contribution in [3.05, 3.63) is 59.2 Å². The Balaban J connectivity index is 2.05. The Morgan fingerprint density at radius 2 is 2.33 bits per heavy atom. The third-order valence-electron chi connectivity index (χ3n) is 3.03. The minimum atomic E-state index is 0.879. The van der Waals surface area contributed by atoms with E-state index in [2.05, 4.69) is 42.2 Å². The second-order valence-electron chi connectivity index (χ2n) is 4.28. The van der Waals surface area contributed by atoms with Crippen LogP contribution in [0.2, 0.25) is 0 Å². The van der Waals surface area contributed by atoms with Gasteiger partial charge in [-0.2, -0.15) is 0 Å². The molecule has 0 bridgehead atoms. The number of fused-ring (bicyclic) bond motifs is 1. The van der Waals surface area contributed by atoms with Crippen LogP contribution in [0.3, 0.4) is 0 Å². The number of nitrogens with one attached hydrogen (secondary N) is 1. The Morgan fingerprint density at radius 3 is 3.17 bits per heavy atom. The topological polar surface area (TPSA) is 12.0 Å². The molecule has 3 heteroatoms. The maximum absolute atomic E-state index is 5.43. The van der Waals surface area contributed by atoms with Crippen molar-refractivity contribution >= 4 is 34.5 Å². The van der Waals surface area contributed by atoms with Crippen LogP contribution in [-0.4, -0.2) is 4.86 Å². The Bertz CT molecular complexity index is 597. The largest absolute Gasteiger partial charge is 0.353 e. The molecule has 0 fully saturated rings. The molecule has 0 unspecified atom stereocenters. The Kier molecular flexibility index (Phi) is 3.10. The van der Waals surface area contributed by atoms with Crippen LogP contribution >= 0.6 is 24.0 Å². The van der Waals surface area contributed by atoms with E-state index in [9.17, 15) is 0 Å². The average molecular weight is 271 g/mol. The van der Waals surface area contributed by atoms with Crippen molar-refractivity contribution in [3.8, 4) is 0 Å². The molecule has 2 aliphatic rings. The molecular weight excluding hydrogens is 258 g/mol. The quantitative estimate of drug-likeness (QED) is 0.629. The van der Waals surface area contributed by atoms with Gasteiger partial charge < -0.3 is 5.32 Å². The zero-order valence-corrected chi connectivity index (χ0v) is 11.5. The summed E-state index contributed by atoms with van der Waals surface area (Å²) in [4.78, 5) is 3.49. The van der Waals surface area contributed by atoms with Gasteiger partial charge >= 0.3 is 0 Å². The molecule has 0 amide bonds. The van der Waals surface area contributed by atoms with Gasteiger partial charge in [0.15, 0.2) is 0 Å². The van der Waals surface area contributed by atoms with Gasteiger partial charge in [-0.15, -0.1) is 6.58 Å². The van der Waals surface area contributed by atoms with Crippen LogP contribution in [0, 0.1) is 0 Å². The molecule has 0 saturated heterocycles. The lowest BCUT2D eigenvalue weighted by molar-refractivity contribution is 1.21. The molecule has 0 atom stereocenters. The highest BCUT2D eigenvalue weighted by Crippen LogP contribution is 2.44. The van der Waals surface area contributed by atoms with Gasteiger partial charge in [0, 0.05) is 16.2 Å². The number of hydrogen-bond donors (Lipinski definition) is 1. The zero-order chi connectivity index (χ0) is 12.5. The van der Waals surface area contributed by atoms with Crippen LogP contribution < -0.4 is 5.32 Å². The van der Waals surface area contributed by atoms with Crippen molar-refractivity contribution in [2.24, 2.45) is 0 Å².